The van der Waals surface area contributed by atoms with Gasteiger partial charge in [0.25, 0.3) is 11.5 Å². The largest absolute Gasteiger partial charge is 0.497 e. The smallest absolute Gasteiger partial charge is 0.280 e. The second-order valence-corrected chi connectivity index (χ2v) is 10.3. The fraction of sp³-hybridized carbons (Fsp3) is 0.240. The van der Waals surface area contributed by atoms with Crippen molar-refractivity contribution in [2.75, 3.05) is 30.5 Å². The number of aromatic nitrogens is 1. The highest BCUT2D eigenvalue weighted by Gasteiger charge is 2.40. The first-order valence-corrected chi connectivity index (χ1v) is 13.2. The molecule has 3 heterocycles. The zero-order valence-electron chi connectivity index (χ0n) is 19.8. The molecule has 2 aromatic carbocycles. The normalized spacial score (nSPS) is 18.6. The zero-order valence-corrected chi connectivity index (χ0v) is 22.2. The minimum Gasteiger partial charge on any atom is -0.497 e. The predicted octanol–water partition coefficient (Wildman–Crippen LogP) is 3.01. The number of hydrogen-bond acceptors (Lipinski definition) is 7. The average Bonchev–Trinajstić information content (AvgIpc) is 3.46. The van der Waals surface area contributed by atoms with Crippen molar-refractivity contribution >= 4 is 68.4 Å². The molecule has 0 unspecified atom stereocenters. The summed E-state index contributed by atoms with van der Waals surface area (Å²) in [7, 11) is 3.58. The van der Waals surface area contributed by atoms with Gasteiger partial charge in [-0.3, -0.25) is 24.0 Å². The Morgan fingerprint density at radius 2 is 1.77 bits per heavy atom. The van der Waals surface area contributed by atoms with Crippen LogP contribution in [0.1, 0.15) is 13.8 Å². The second-order valence-electron chi connectivity index (χ2n) is 7.94. The van der Waals surface area contributed by atoms with Crippen LogP contribution in [0.5, 0.6) is 5.75 Å². The Morgan fingerprint density at radius 1 is 1.03 bits per heavy atom. The van der Waals surface area contributed by atoms with Crippen LogP contribution in [0.25, 0.3) is 10.7 Å². The maximum Gasteiger partial charge on any atom is 0.280 e. The quantitative estimate of drug-likeness (QED) is 0.487. The summed E-state index contributed by atoms with van der Waals surface area (Å²) in [5, 5.41) is 1.26. The number of ether oxygens (including phenoxy) is 1. The molecule has 0 spiro atoms. The van der Waals surface area contributed by atoms with Crippen molar-refractivity contribution in [2.45, 2.75) is 25.3 Å². The van der Waals surface area contributed by atoms with Gasteiger partial charge >= 0.3 is 0 Å². The number of likely N-dealkylation sites (N-methyl/N-ethyl adjacent to an activating group) is 1. The Hall–Kier alpha value is -3.08. The van der Waals surface area contributed by atoms with E-state index in [1.807, 2.05) is 74.3 Å². The number of benzene rings is 2. The maximum absolute atomic E-state index is 13.7. The summed E-state index contributed by atoms with van der Waals surface area (Å²) in [6, 6.07) is 15.5. The van der Waals surface area contributed by atoms with Crippen molar-refractivity contribution in [2.24, 2.45) is 0 Å². The van der Waals surface area contributed by atoms with E-state index in [-0.39, 0.29) is 11.5 Å². The molecule has 1 amide bonds. The van der Waals surface area contributed by atoms with Gasteiger partial charge in [-0.1, -0.05) is 30.0 Å². The van der Waals surface area contributed by atoms with Gasteiger partial charge in [0.2, 0.25) is 0 Å². The van der Waals surface area contributed by atoms with E-state index in [1.165, 1.54) is 11.3 Å². The molecule has 35 heavy (non-hydrogen) atoms. The molecule has 7 nitrogen and oxygen atoms in total. The van der Waals surface area contributed by atoms with E-state index in [0.717, 1.165) is 27.0 Å². The predicted molar refractivity (Wildman–Crippen MR) is 146 cm³/mol. The van der Waals surface area contributed by atoms with Crippen LogP contribution in [0.15, 0.2) is 58.2 Å². The highest BCUT2D eigenvalue weighted by atomic mass is 32.2. The van der Waals surface area contributed by atoms with Crippen LogP contribution >= 0.6 is 35.3 Å². The number of thiocarbonyl (C=S) groups is 1. The minimum absolute atomic E-state index is 0.115. The Kier molecular flexibility index (Phi) is 6.20. The summed E-state index contributed by atoms with van der Waals surface area (Å²) in [6.07, 6.45) is 0. The first kappa shape index (κ1) is 23.7. The summed E-state index contributed by atoms with van der Waals surface area (Å²) < 4.78 is 8.26. The van der Waals surface area contributed by atoms with Crippen molar-refractivity contribution in [3.63, 3.8) is 0 Å². The van der Waals surface area contributed by atoms with Gasteiger partial charge in [-0.25, -0.2) is 0 Å². The number of methoxy groups -OCH3 is 1. The number of carbonyl (C=O) groups excluding carboxylic acids is 1. The van der Waals surface area contributed by atoms with Gasteiger partial charge < -0.3 is 9.64 Å². The molecule has 0 saturated carbocycles. The molecule has 0 aliphatic carbocycles. The molecule has 0 atom stereocenters. The van der Waals surface area contributed by atoms with Crippen LogP contribution in [0.2, 0.25) is 0 Å². The monoisotopic (exact) mass is 524 g/mol. The molecule has 2 aliphatic rings. The SMILES string of the molecule is CCN1C(=O)/C(=c2\s/c(=C3\Sc4ccc(OC)cc4N3C)c(=O)n2CC)N(c2ccccc2)C1=S. The molecule has 1 saturated heterocycles. The van der Waals surface area contributed by atoms with Crippen molar-refractivity contribution in [3.05, 3.63) is 68.1 Å². The fourth-order valence-electron chi connectivity index (χ4n) is 4.27. The van der Waals surface area contributed by atoms with Crippen molar-refractivity contribution in [1.82, 2.24) is 9.47 Å². The number of thioether (sulfide) groups is 1. The molecule has 0 radical (unpaired) electrons. The third-order valence-corrected chi connectivity index (χ3v) is 9.01. The molecule has 1 aromatic heterocycles. The molecule has 5 rings (SSSR count). The molecule has 2 aliphatic heterocycles. The van der Waals surface area contributed by atoms with Gasteiger partial charge in [-0.15, -0.1) is 11.3 Å². The number of thiazole rings is 1. The van der Waals surface area contributed by atoms with Crippen LogP contribution in [-0.4, -0.2) is 41.2 Å². The average molecular weight is 525 g/mol. The molecule has 0 bridgehead atoms. The lowest BCUT2D eigenvalue weighted by molar-refractivity contribution is -0.120. The molecular weight excluding hydrogens is 501 g/mol. The summed E-state index contributed by atoms with van der Waals surface area (Å²) in [5.74, 6) is 0.566. The summed E-state index contributed by atoms with van der Waals surface area (Å²) in [6.45, 7) is 4.70. The van der Waals surface area contributed by atoms with Gasteiger partial charge in [0.05, 0.1) is 12.8 Å². The Bertz CT molecular complexity index is 1530. The number of para-hydroxylation sites is 1. The Balaban J connectivity index is 1.79. The van der Waals surface area contributed by atoms with Crippen LogP contribution in [0, 0.1) is 0 Å². The molecule has 3 aromatic rings. The van der Waals surface area contributed by atoms with E-state index in [9.17, 15) is 9.59 Å². The van der Waals surface area contributed by atoms with E-state index in [0.29, 0.717) is 33.1 Å². The number of anilines is 2. The molecule has 180 valence electrons. The highest BCUT2D eigenvalue weighted by molar-refractivity contribution is 8.08. The van der Waals surface area contributed by atoms with Gasteiger partial charge in [0.1, 0.15) is 25.7 Å². The van der Waals surface area contributed by atoms with Crippen molar-refractivity contribution < 1.29 is 9.53 Å². The third-order valence-electron chi connectivity index (χ3n) is 6.06. The first-order valence-electron chi connectivity index (χ1n) is 11.2. The van der Waals surface area contributed by atoms with E-state index < -0.39 is 0 Å². The number of hydrogen-bond donors (Lipinski definition) is 0. The van der Waals surface area contributed by atoms with Crippen LogP contribution in [0.4, 0.5) is 11.4 Å². The Labute approximate surface area is 216 Å². The van der Waals surface area contributed by atoms with E-state index in [2.05, 4.69) is 0 Å². The van der Waals surface area contributed by atoms with Gasteiger partial charge in [-0.05, 0) is 50.3 Å². The van der Waals surface area contributed by atoms with Crippen molar-refractivity contribution in [3.8, 4) is 5.75 Å². The molecule has 0 N–H and O–H groups in total. The van der Waals surface area contributed by atoms with E-state index >= 15 is 0 Å². The summed E-state index contributed by atoms with van der Waals surface area (Å²) >= 11 is 8.60. The van der Waals surface area contributed by atoms with Crippen molar-refractivity contribution in [1.29, 1.82) is 0 Å². The number of fused-ring (bicyclic) bond motifs is 1. The minimum atomic E-state index is -0.193. The fourth-order valence-corrected chi connectivity index (χ4v) is 7.20. The van der Waals surface area contributed by atoms with Crippen LogP contribution in [-0.2, 0) is 11.3 Å². The van der Waals surface area contributed by atoms with Gasteiger partial charge in [0, 0.05) is 36.8 Å². The topological polar surface area (TPSA) is 58.0 Å². The van der Waals surface area contributed by atoms with Gasteiger partial charge in [-0.2, -0.15) is 0 Å². The lowest BCUT2D eigenvalue weighted by atomic mass is 10.3. The lowest BCUT2D eigenvalue weighted by Crippen LogP contribution is -2.36. The standard InChI is InChI=1S/C25H24N4O3S3/c1-5-27-22(31)20(24-26(3)17-14-16(32-4)12-13-18(17)34-24)35-23(27)19-21(30)28(6-2)25(33)29(19)15-10-8-7-9-11-15/h7-14H,5-6H2,1-4H3/b23-19+,24-20-. The van der Waals surface area contributed by atoms with E-state index in [1.54, 1.807) is 33.2 Å². The second kappa shape index (κ2) is 9.18. The number of carbonyl (C=O) groups is 1. The maximum atomic E-state index is 13.7. The molecule has 1 fully saturated rings. The summed E-state index contributed by atoms with van der Waals surface area (Å²) in [4.78, 5) is 33.7. The third kappa shape index (κ3) is 3.67. The van der Waals surface area contributed by atoms with E-state index in [4.69, 9.17) is 17.0 Å². The number of amides is 1. The Morgan fingerprint density at radius 3 is 2.43 bits per heavy atom. The zero-order chi connectivity index (χ0) is 24.9. The van der Waals surface area contributed by atoms with Crippen LogP contribution in [0.3, 0.4) is 0 Å². The molecular formula is C25H24N4O3S3. The van der Waals surface area contributed by atoms with Gasteiger partial charge in [0.15, 0.2) is 5.11 Å². The summed E-state index contributed by atoms with van der Waals surface area (Å²) in [5.41, 5.74) is 2.08. The number of rotatable bonds is 4. The lowest BCUT2D eigenvalue weighted by Gasteiger charge is -2.19. The number of nitrogens with zero attached hydrogens (tertiary/aromatic N) is 4. The van der Waals surface area contributed by atoms with Crippen LogP contribution < -0.4 is 29.3 Å². The first-order chi connectivity index (χ1) is 16.9. The highest BCUT2D eigenvalue weighted by Crippen LogP contribution is 2.46. The molecule has 10 heteroatoms.